The molecule has 0 saturated heterocycles. The van der Waals surface area contributed by atoms with Crippen LogP contribution in [-0.2, 0) is 12.8 Å². The topological polar surface area (TPSA) is 13.1 Å². The first-order valence-electron chi connectivity index (χ1n) is 5.60. The van der Waals surface area contributed by atoms with E-state index in [4.69, 9.17) is 4.42 Å². The highest BCUT2D eigenvalue weighted by Crippen LogP contribution is 2.46. The molecule has 0 N–H and O–H groups in total. The highest BCUT2D eigenvalue weighted by Gasteiger charge is 2.40. The molecule has 0 aliphatic heterocycles. The van der Waals surface area contributed by atoms with Gasteiger partial charge in [-0.25, -0.2) is 0 Å². The van der Waals surface area contributed by atoms with Crippen molar-refractivity contribution >= 4 is 0 Å². The summed E-state index contributed by atoms with van der Waals surface area (Å²) in [5.41, 5.74) is 3.18. The summed E-state index contributed by atoms with van der Waals surface area (Å²) < 4.78 is 5.55. The number of rotatable bonds is 0. The standard InChI is InChI=1S/C14H16O/c1-10-4-3-6-14(2)9-13-11(5-7-15-13)8-12(10)14/h3-7,12H,8-9H2,1-2H3/t12-,14+/m0/s1. The number of hydrogen-bond acceptors (Lipinski definition) is 1. The van der Waals surface area contributed by atoms with Gasteiger partial charge >= 0.3 is 0 Å². The van der Waals surface area contributed by atoms with E-state index in [2.05, 4.69) is 38.1 Å². The summed E-state index contributed by atoms with van der Waals surface area (Å²) in [7, 11) is 0. The fourth-order valence-corrected chi connectivity index (χ4v) is 3.02. The van der Waals surface area contributed by atoms with E-state index >= 15 is 0 Å². The van der Waals surface area contributed by atoms with Gasteiger partial charge in [0.2, 0.25) is 0 Å². The molecule has 0 saturated carbocycles. The lowest BCUT2D eigenvalue weighted by atomic mass is 9.63. The summed E-state index contributed by atoms with van der Waals surface area (Å²) >= 11 is 0. The number of fused-ring (bicyclic) bond motifs is 2. The van der Waals surface area contributed by atoms with Crippen molar-refractivity contribution < 1.29 is 4.42 Å². The van der Waals surface area contributed by atoms with Crippen LogP contribution in [0.4, 0.5) is 0 Å². The second-order valence-electron chi connectivity index (χ2n) is 5.08. The van der Waals surface area contributed by atoms with Gasteiger partial charge < -0.3 is 4.42 Å². The van der Waals surface area contributed by atoms with Crippen LogP contribution in [0.15, 0.2) is 40.5 Å². The van der Waals surface area contributed by atoms with E-state index in [0.29, 0.717) is 5.92 Å². The van der Waals surface area contributed by atoms with Crippen LogP contribution in [0.25, 0.3) is 0 Å². The molecule has 1 aromatic rings. The van der Waals surface area contributed by atoms with Gasteiger partial charge in [-0.15, -0.1) is 0 Å². The van der Waals surface area contributed by atoms with Crippen molar-refractivity contribution in [2.45, 2.75) is 26.7 Å². The van der Waals surface area contributed by atoms with Crippen molar-refractivity contribution in [1.82, 2.24) is 0 Å². The third-order valence-electron chi connectivity index (χ3n) is 3.98. The van der Waals surface area contributed by atoms with Gasteiger partial charge in [-0.3, -0.25) is 0 Å². The molecule has 3 rings (SSSR count). The molecule has 2 aliphatic rings. The maximum absolute atomic E-state index is 5.55. The fraction of sp³-hybridized carbons (Fsp3) is 0.429. The Labute approximate surface area is 90.5 Å². The summed E-state index contributed by atoms with van der Waals surface area (Å²) in [6, 6.07) is 2.13. The second-order valence-corrected chi connectivity index (χ2v) is 5.08. The second kappa shape index (κ2) is 2.88. The zero-order chi connectivity index (χ0) is 10.5. The zero-order valence-electron chi connectivity index (χ0n) is 9.29. The molecule has 1 heteroatoms. The molecule has 1 nitrogen and oxygen atoms in total. The minimum absolute atomic E-state index is 0.268. The third-order valence-corrected chi connectivity index (χ3v) is 3.98. The lowest BCUT2D eigenvalue weighted by Gasteiger charge is -2.41. The Kier molecular flexibility index (Phi) is 1.73. The van der Waals surface area contributed by atoms with Crippen LogP contribution >= 0.6 is 0 Å². The van der Waals surface area contributed by atoms with Gasteiger partial charge in [-0.05, 0) is 36.3 Å². The average Bonchev–Trinajstić information content (AvgIpc) is 2.61. The Bertz CT molecular complexity index is 450. The fourth-order valence-electron chi connectivity index (χ4n) is 3.02. The van der Waals surface area contributed by atoms with Crippen LogP contribution in [0.2, 0.25) is 0 Å². The molecule has 15 heavy (non-hydrogen) atoms. The van der Waals surface area contributed by atoms with E-state index in [1.54, 1.807) is 0 Å². The minimum Gasteiger partial charge on any atom is -0.469 e. The Morgan fingerprint density at radius 2 is 2.33 bits per heavy atom. The van der Waals surface area contributed by atoms with Gasteiger partial charge in [-0.1, -0.05) is 30.7 Å². The molecule has 0 amide bonds. The number of allylic oxidation sites excluding steroid dienone is 4. The predicted molar refractivity (Wildman–Crippen MR) is 60.6 cm³/mol. The van der Waals surface area contributed by atoms with E-state index in [0.717, 1.165) is 12.8 Å². The normalized spacial score (nSPS) is 33.2. The number of furan rings is 1. The summed E-state index contributed by atoms with van der Waals surface area (Å²) in [5, 5.41) is 0. The highest BCUT2D eigenvalue weighted by atomic mass is 16.3. The SMILES string of the molecule is CC1=CC=C[C@]2(C)Cc3occc3C[C@@H]12. The van der Waals surface area contributed by atoms with E-state index < -0.39 is 0 Å². The Hall–Kier alpha value is -1.24. The number of hydrogen-bond donors (Lipinski definition) is 0. The van der Waals surface area contributed by atoms with Crippen molar-refractivity contribution in [2.75, 3.05) is 0 Å². The molecule has 0 aromatic carbocycles. The Balaban J connectivity index is 2.08. The molecule has 0 fully saturated rings. The summed E-state index contributed by atoms with van der Waals surface area (Å²) in [5.74, 6) is 1.85. The van der Waals surface area contributed by atoms with Crippen LogP contribution in [0.3, 0.4) is 0 Å². The average molecular weight is 200 g/mol. The summed E-state index contributed by atoms with van der Waals surface area (Å²) in [6.45, 7) is 4.59. The quantitative estimate of drug-likeness (QED) is 0.624. The Morgan fingerprint density at radius 1 is 1.47 bits per heavy atom. The van der Waals surface area contributed by atoms with Crippen molar-refractivity contribution in [2.24, 2.45) is 11.3 Å². The minimum atomic E-state index is 0.268. The van der Waals surface area contributed by atoms with E-state index in [-0.39, 0.29) is 5.41 Å². The van der Waals surface area contributed by atoms with E-state index in [1.807, 2.05) is 6.26 Å². The molecule has 78 valence electrons. The largest absolute Gasteiger partial charge is 0.469 e. The molecule has 2 atom stereocenters. The molecular weight excluding hydrogens is 184 g/mol. The molecule has 1 aromatic heterocycles. The first kappa shape index (κ1) is 9.02. The highest BCUT2D eigenvalue weighted by molar-refractivity contribution is 5.34. The molecule has 0 unspecified atom stereocenters. The maximum Gasteiger partial charge on any atom is 0.107 e. The maximum atomic E-state index is 5.55. The molecule has 2 aliphatic carbocycles. The third kappa shape index (κ3) is 1.22. The van der Waals surface area contributed by atoms with Crippen molar-refractivity contribution in [1.29, 1.82) is 0 Å². The van der Waals surface area contributed by atoms with Gasteiger partial charge in [0.05, 0.1) is 6.26 Å². The lowest BCUT2D eigenvalue weighted by molar-refractivity contribution is 0.244. The van der Waals surface area contributed by atoms with Crippen molar-refractivity contribution in [3.05, 3.63) is 47.5 Å². The monoisotopic (exact) mass is 200 g/mol. The van der Waals surface area contributed by atoms with Crippen LogP contribution in [0, 0.1) is 11.3 Å². The van der Waals surface area contributed by atoms with Gasteiger partial charge in [0.15, 0.2) is 0 Å². The van der Waals surface area contributed by atoms with Crippen LogP contribution in [0.5, 0.6) is 0 Å². The van der Waals surface area contributed by atoms with Crippen molar-refractivity contribution in [3.63, 3.8) is 0 Å². The van der Waals surface area contributed by atoms with Gasteiger partial charge in [0, 0.05) is 6.42 Å². The van der Waals surface area contributed by atoms with Crippen LogP contribution < -0.4 is 0 Å². The van der Waals surface area contributed by atoms with Crippen LogP contribution in [0.1, 0.15) is 25.2 Å². The summed E-state index contributed by atoms with van der Waals surface area (Å²) in [6.07, 6.45) is 10.8. The molecule has 0 radical (unpaired) electrons. The van der Waals surface area contributed by atoms with Gasteiger partial charge in [0.1, 0.15) is 5.76 Å². The first-order valence-corrected chi connectivity index (χ1v) is 5.60. The molecule has 0 spiro atoms. The predicted octanol–water partition coefficient (Wildman–Crippen LogP) is 3.52. The summed E-state index contributed by atoms with van der Waals surface area (Å²) in [4.78, 5) is 0. The smallest absolute Gasteiger partial charge is 0.107 e. The molecule has 0 bridgehead atoms. The first-order chi connectivity index (χ1) is 7.19. The lowest BCUT2D eigenvalue weighted by Crippen LogP contribution is -2.35. The van der Waals surface area contributed by atoms with Crippen molar-refractivity contribution in [3.8, 4) is 0 Å². The molecule has 1 heterocycles. The van der Waals surface area contributed by atoms with Gasteiger partial charge in [0.25, 0.3) is 0 Å². The van der Waals surface area contributed by atoms with E-state index in [9.17, 15) is 0 Å². The zero-order valence-corrected chi connectivity index (χ0v) is 9.29. The van der Waals surface area contributed by atoms with Gasteiger partial charge in [-0.2, -0.15) is 0 Å². The Morgan fingerprint density at radius 3 is 3.20 bits per heavy atom. The molecular formula is C14H16O. The van der Waals surface area contributed by atoms with Crippen LogP contribution in [-0.4, -0.2) is 0 Å². The van der Waals surface area contributed by atoms with E-state index in [1.165, 1.54) is 16.9 Å².